The molecule has 98 valence electrons. The Kier molecular flexibility index (Phi) is 11.5. The molecule has 0 heterocycles. The fourth-order valence-electron chi connectivity index (χ4n) is 0.983. The van der Waals surface area contributed by atoms with Gasteiger partial charge < -0.3 is 19.9 Å². The first-order chi connectivity index (χ1) is 8.27. The van der Waals surface area contributed by atoms with Gasteiger partial charge in [0.15, 0.2) is 0 Å². The van der Waals surface area contributed by atoms with Crippen molar-refractivity contribution in [1.29, 1.82) is 0 Å². The van der Waals surface area contributed by atoms with Crippen LogP contribution < -0.4 is 5.32 Å². The highest BCUT2D eigenvalue weighted by Gasteiger charge is 1.93. The largest absolute Gasteiger partial charge is 0.465 e. The van der Waals surface area contributed by atoms with Gasteiger partial charge in [0.05, 0.1) is 19.8 Å². The Bertz CT molecular complexity index is 233. The summed E-state index contributed by atoms with van der Waals surface area (Å²) in [5.74, 6) is 0. The van der Waals surface area contributed by atoms with Crippen molar-refractivity contribution in [3.8, 4) is 0 Å². The number of ether oxygens (including phenoxy) is 2. The number of carboxylic acid groups (broad SMARTS) is 1. The molecule has 0 unspecified atom stereocenters. The molecule has 0 aromatic heterocycles. The number of carbonyl (C=O) groups is 1. The third kappa shape index (κ3) is 14.5. The van der Waals surface area contributed by atoms with Crippen molar-refractivity contribution in [2.75, 3.05) is 39.5 Å². The summed E-state index contributed by atoms with van der Waals surface area (Å²) in [6, 6.07) is 0. The van der Waals surface area contributed by atoms with Gasteiger partial charge in [0.25, 0.3) is 0 Å². The number of amides is 1. The zero-order valence-corrected chi connectivity index (χ0v) is 9.67. The summed E-state index contributed by atoms with van der Waals surface area (Å²) < 4.78 is 10.4. The van der Waals surface area contributed by atoms with Crippen LogP contribution in [0.4, 0.5) is 4.79 Å². The molecule has 0 radical (unpaired) electrons. The lowest BCUT2D eigenvalue weighted by Gasteiger charge is -2.05. The van der Waals surface area contributed by atoms with Crippen LogP contribution in [0, 0.1) is 0 Å². The van der Waals surface area contributed by atoms with Crippen molar-refractivity contribution in [3.05, 3.63) is 10.4 Å². The van der Waals surface area contributed by atoms with E-state index in [0.29, 0.717) is 33.0 Å². The maximum Gasteiger partial charge on any atom is 0.404 e. The molecule has 0 saturated carbocycles. The summed E-state index contributed by atoms with van der Waals surface area (Å²) in [4.78, 5) is 12.7. The molecule has 1 amide bonds. The minimum absolute atomic E-state index is 0.279. The number of nitrogens with zero attached hydrogens (tertiary/aromatic N) is 3. The number of hydrogen-bond donors (Lipinski definition) is 2. The number of azide groups is 1. The van der Waals surface area contributed by atoms with Gasteiger partial charge in [-0.1, -0.05) is 5.11 Å². The van der Waals surface area contributed by atoms with E-state index in [0.717, 1.165) is 12.8 Å². The molecule has 8 heteroatoms. The van der Waals surface area contributed by atoms with Crippen LogP contribution in [0.1, 0.15) is 12.8 Å². The molecule has 0 atom stereocenters. The summed E-state index contributed by atoms with van der Waals surface area (Å²) in [5.41, 5.74) is 8.01. The molecule has 0 aromatic rings. The van der Waals surface area contributed by atoms with E-state index in [1.54, 1.807) is 0 Å². The van der Waals surface area contributed by atoms with Crippen molar-refractivity contribution in [2.24, 2.45) is 5.11 Å². The van der Waals surface area contributed by atoms with Crippen LogP contribution in [0.2, 0.25) is 0 Å². The van der Waals surface area contributed by atoms with Gasteiger partial charge in [-0.2, -0.15) is 0 Å². The van der Waals surface area contributed by atoms with Crippen LogP contribution in [0.5, 0.6) is 0 Å². The van der Waals surface area contributed by atoms with Crippen molar-refractivity contribution < 1.29 is 19.4 Å². The fourth-order valence-corrected chi connectivity index (χ4v) is 0.983. The highest BCUT2D eigenvalue weighted by molar-refractivity contribution is 5.64. The van der Waals surface area contributed by atoms with Crippen molar-refractivity contribution >= 4 is 6.09 Å². The molecular weight excluding hydrogens is 228 g/mol. The first kappa shape index (κ1) is 15.5. The number of hydrogen-bond acceptors (Lipinski definition) is 4. The first-order valence-electron chi connectivity index (χ1n) is 5.40. The Morgan fingerprint density at radius 2 is 1.94 bits per heavy atom. The van der Waals surface area contributed by atoms with Gasteiger partial charge in [0, 0.05) is 24.6 Å². The molecule has 0 fully saturated rings. The molecule has 0 rings (SSSR count). The van der Waals surface area contributed by atoms with E-state index in [1.165, 1.54) is 0 Å². The maximum atomic E-state index is 10.1. The van der Waals surface area contributed by atoms with Gasteiger partial charge in [-0.05, 0) is 18.4 Å². The monoisotopic (exact) mass is 246 g/mol. The number of unbranched alkanes of at least 4 members (excludes halogenated alkanes) is 1. The van der Waals surface area contributed by atoms with E-state index < -0.39 is 6.09 Å². The molecule has 0 aliphatic heterocycles. The minimum atomic E-state index is -1.05. The van der Waals surface area contributed by atoms with Crippen LogP contribution >= 0.6 is 0 Å². The summed E-state index contributed by atoms with van der Waals surface area (Å²) in [7, 11) is 0. The average Bonchev–Trinajstić information content (AvgIpc) is 2.30. The van der Waals surface area contributed by atoms with Crippen LogP contribution in [0.25, 0.3) is 10.4 Å². The van der Waals surface area contributed by atoms with Crippen LogP contribution in [0.3, 0.4) is 0 Å². The van der Waals surface area contributed by atoms with E-state index in [-0.39, 0.29) is 6.54 Å². The van der Waals surface area contributed by atoms with Crippen LogP contribution in [-0.4, -0.2) is 50.7 Å². The minimum Gasteiger partial charge on any atom is -0.465 e. The Balaban J connectivity index is 2.98. The maximum absolute atomic E-state index is 10.1. The zero-order chi connectivity index (χ0) is 12.8. The Morgan fingerprint density at radius 3 is 2.59 bits per heavy atom. The smallest absolute Gasteiger partial charge is 0.404 e. The summed E-state index contributed by atoms with van der Waals surface area (Å²) in [6.45, 7) is 2.65. The van der Waals surface area contributed by atoms with E-state index >= 15 is 0 Å². The highest BCUT2D eigenvalue weighted by Crippen LogP contribution is 1.91. The summed E-state index contributed by atoms with van der Waals surface area (Å²) >= 11 is 0. The summed E-state index contributed by atoms with van der Waals surface area (Å²) in [5, 5.41) is 13.8. The lowest BCUT2D eigenvalue weighted by molar-refractivity contribution is 0.0477. The second kappa shape index (κ2) is 12.6. The van der Waals surface area contributed by atoms with Crippen molar-refractivity contribution in [2.45, 2.75) is 12.8 Å². The molecular formula is C9H18N4O4. The first-order valence-corrected chi connectivity index (χ1v) is 5.40. The van der Waals surface area contributed by atoms with Gasteiger partial charge in [0.1, 0.15) is 0 Å². The van der Waals surface area contributed by atoms with Gasteiger partial charge in [-0.15, -0.1) is 0 Å². The lowest BCUT2D eigenvalue weighted by Crippen LogP contribution is -2.25. The van der Waals surface area contributed by atoms with Gasteiger partial charge in [0.2, 0.25) is 0 Å². The van der Waals surface area contributed by atoms with Gasteiger partial charge >= 0.3 is 6.09 Å². The molecule has 8 nitrogen and oxygen atoms in total. The second-order valence-corrected chi connectivity index (χ2v) is 3.12. The molecule has 17 heavy (non-hydrogen) atoms. The second-order valence-electron chi connectivity index (χ2n) is 3.12. The standard InChI is InChI=1S/C9H18N4O4/c10-13-12-3-1-2-5-16-7-8-17-6-4-11-9(14)15/h11H,1-8H2,(H,14,15). The highest BCUT2D eigenvalue weighted by atomic mass is 16.5. The molecule has 0 spiro atoms. The van der Waals surface area contributed by atoms with Gasteiger partial charge in [-0.25, -0.2) is 4.79 Å². The van der Waals surface area contributed by atoms with Gasteiger partial charge in [-0.3, -0.25) is 0 Å². The number of rotatable bonds is 11. The van der Waals surface area contributed by atoms with E-state index in [1.807, 2.05) is 0 Å². The van der Waals surface area contributed by atoms with Crippen LogP contribution in [0.15, 0.2) is 5.11 Å². The molecule has 0 aliphatic carbocycles. The zero-order valence-electron chi connectivity index (χ0n) is 9.67. The van der Waals surface area contributed by atoms with E-state index in [2.05, 4.69) is 15.3 Å². The SMILES string of the molecule is [N-]=[N+]=NCCCCOCCOCCNC(=O)O. The summed E-state index contributed by atoms with van der Waals surface area (Å²) in [6.07, 6.45) is 0.609. The lowest BCUT2D eigenvalue weighted by atomic mass is 10.3. The normalized spacial score (nSPS) is 9.65. The molecule has 2 N–H and O–H groups in total. The third-order valence-corrected chi connectivity index (χ3v) is 1.75. The Hall–Kier alpha value is -1.50. The van der Waals surface area contributed by atoms with E-state index in [4.69, 9.17) is 20.1 Å². The molecule has 0 bridgehead atoms. The fraction of sp³-hybridized carbons (Fsp3) is 0.889. The quantitative estimate of drug-likeness (QED) is 0.248. The Labute approximate surface area is 99.5 Å². The Morgan fingerprint density at radius 1 is 1.24 bits per heavy atom. The molecule has 0 saturated heterocycles. The van der Waals surface area contributed by atoms with E-state index in [9.17, 15) is 4.79 Å². The number of nitrogens with one attached hydrogen (secondary N) is 1. The average molecular weight is 246 g/mol. The predicted molar refractivity (Wildman–Crippen MR) is 60.9 cm³/mol. The predicted octanol–water partition coefficient (Wildman–Crippen LogP) is 1.38. The van der Waals surface area contributed by atoms with Crippen molar-refractivity contribution in [1.82, 2.24) is 5.32 Å². The third-order valence-electron chi connectivity index (χ3n) is 1.75. The molecule has 0 aliphatic rings. The molecule has 0 aromatic carbocycles. The van der Waals surface area contributed by atoms with Crippen molar-refractivity contribution in [3.63, 3.8) is 0 Å². The van der Waals surface area contributed by atoms with Crippen LogP contribution in [-0.2, 0) is 9.47 Å². The topological polar surface area (TPSA) is 117 Å².